The van der Waals surface area contributed by atoms with E-state index in [2.05, 4.69) is 34.5 Å². The molecule has 3 rings (SSSR count). The fraction of sp³-hybridized carbons (Fsp3) is 0.647. The van der Waals surface area contributed by atoms with Crippen LogP contribution >= 0.6 is 0 Å². The molecular formula is C17H26N2O. The van der Waals surface area contributed by atoms with Crippen LogP contribution in [-0.2, 0) is 0 Å². The van der Waals surface area contributed by atoms with E-state index in [0.29, 0.717) is 6.10 Å². The van der Waals surface area contributed by atoms with Gasteiger partial charge in [0.1, 0.15) is 5.75 Å². The van der Waals surface area contributed by atoms with Crippen molar-refractivity contribution in [1.82, 2.24) is 5.32 Å². The Morgan fingerprint density at radius 1 is 1.00 bits per heavy atom. The number of ether oxygens (including phenoxy) is 1. The van der Waals surface area contributed by atoms with Gasteiger partial charge in [0.05, 0.1) is 6.10 Å². The number of hydrogen-bond acceptors (Lipinski definition) is 3. The summed E-state index contributed by atoms with van der Waals surface area (Å²) in [6.45, 7) is 4.33. The van der Waals surface area contributed by atoms with Crippen LogP contribution in [0.1, 0.15) is 38.5 Å². The van der Waals surface area contributed by atoms with Gasteiger partial charge in [-0.1, -0.05) is 18.9 Å². The van der Waals surface area contributed by atoms with E-state index in [0.717, 1.165) is 31.9 Å². The van der Waals surface area contributed by atoms with Crippen molar-refractivity contribution in [3.8, 4) is 5.75 Å². The minimum Gasteiger partial charge on any atom is -0.490 e. The van der Waals surface area contributed by atoms with Crippen LogP contribution in [-0.4, -0.2) is 32.3 Å². The van der Waals surface area contributed by atoms with Crippen LogP contribution in [0.5, 0.6) is 5.75 Å². The Kier molecular flexibility index (Phi) is 4.80. The Hall–Kier alpha value is -1.22. The average molecular weight is 274 g/mol. The van der Waals surface area contributed by atoms with Gasteiger partial charge >= 0.3 is 0 Å². The summed E-state index contributed by atoms with van der Waals surface area (Å²) in [6, 6.07) is 8.65. The standard InChI is InChI=1S/C17H26N2O/c1-2-4-8-16(7-3-1)20-17-9-5-6-15(14-17)19-12-10-18-11-13-19/h5-6,9,14,16,18H,1-4,7-8,10-13H2. The fourth-order valence-electron chi connectivity index (χ4n) is 3.23. The van der Waals surface area contributed by atoms with E-state index in [1.165, 1.54) is 44.2 Å². The van der Waals surface area contributed by atoms with Gasteiger partial charge in [0.2, 0.25) is 0 Å². The van der Waals surface area contributed by atoms with Crippen LogP contribution in [0.4, 0.5) is 5.69 Å². The molecule has 0 amide bonds. The molecule has 1 aromatic rings. The van der Waals surface area contributed by atoms with Crippen LogP contribution in [0.15, 0.2) is 24.3 Å². The molecule has 1 aromatic carbocycles. The summed E-state index contributed by atoms with van der Waals surface area (Å²) in [5.74, 6) is 1.05. The Morgan fingerprint density at radius 3 is 2.50 bits per heavy atom. The second kappa shape index (κ2) is 6.98. The number of nitrogens with one attached hydrogen (secondary N) is 1. The first-order valence-electron chi connectivity index (χ1n) is 8.14. The summed E-state index contributed by atoms with van der Waals surface area (Å²) in [4.78, 5) is 2.44. The van der Waals surface area contributed by atoms with E-state index < -0.39 is 0 Å². The molecule has 3 nitrogen and oxygen atoms in total. The summed E-state index contributed by atoms with van der Waals surface area (Å²) < 4.78 is 6.22. The predicted molar refractivity (Wildman–Crippen MR) is 83.6 cm³/mol. The summed E-state index contributed by atoms with van der Waals surface area (Å²) in [7, 11) is 0. The number of rotatable bonds is 3. The molecule has 0 atom stereocenters. The van der Waals surface area contributed by atoms with Crippen molar-refractivity contribution < 1.29 is 4.74 Å². The zero-order chi connectivity index (χ0) is 13.6. The molecule has 1 heterocycles. The second-order valence-electron chi connectivity index (χ2n) is 5.97. The van der Waals surface area contributed by atoms with Crippen LogP contribution in [0.2, 0.25) is 0 Å². The molecule has 0 radical (unpaired) electrons. The molecule has 3 heteroatoms. The quantitative estimate of drug-likeness (QED) is 0.857. The Bertz CT molecular complexity index is 407. The average Bonchev–Trinajstić information content (AvgIpc) is 2.77. The molecule has 20 heavy (non-hydrogen) atoms. The second-order valence-corrected chi connectivity index (χ2v) is 5.97. The third kappa shape index (κ3) is 3.66. The van der Waals surface area contributed by atoms with Crippen LogP contribution in [0.3, 0.4) is 0 Å². The Labute approximate surface area is 122 Å². The minimum absolute atomic E-state index is 0.427. The maximum atomic E-state index is 6.22. The van der Waals surface area contributed by atoms with Gasteiger partial charge in [-0.15, -0.1) is 0 Å². The molecule has 2 aliphatic rings. The van der Waals surface area contributed by atoms with Gasteiger partial charge < -0.3 is 15.0 Å². The lowest BCUT2D eigenvalue weighted by Crippen LogP contribution is -2.43. The summed E-state index contributed by atoms with van der Waals surface area (Å²) in [5, 5.41) is 3.40. The van der Waals surface area contributed by atoms with Crippen molar-refractivity contribution in [2.24, 2.45) is 0 Å². The summed E-state index contributed by atoms with van der Waals surface area (Å²) in [6.07, 6.45) is 8.26. The van der Waals surface area contributed by atoms with Crippen molar-refractivity contribution in [2.45, 2.75) is 44.6 Å². The summed E-state index contributed by atoms with van der Waals surface area (Å²) >= 11 is 0. The van der Waals surface area contributed by atoms with Crippen LogP contribution in [0.25, 0.3) is 0 Å². The number of benzene rings is 1. The molecule has 1 saturated carbocycles. The molecule has 0 bridgehead atoms. The van der Waals surface area contributed by atoms with Gasteiger partial charge in [-0.05, 0) is 37.8 Å². The van der Waals surface area contributed by atoms with Crippen LogP contribution in [0, 0.1) is 0 Å². The number of nitrogens with zero attached hydrogens (tertiary/aromatic N) is 1. The van der Waals surface area contributed by atoms with Gasteiger partial charge in [-0.2, -0.15) is 0 Å². The predicted octanol–water partition coefficient (Wildman–Crippen LogP) is 3.20. The fourth-order valence-corrected chi connectivity index (χ4v) is 3.23. The number of anilines is 1. The number of hydrogen-bond donors (Lipinski definition) is 1. The van der Waals surface area contributed by atoms with E-state index in [9.17, 15) is 0 Å². The first-order valence-corrected chi connectivity index (χ1v) is 8.14. The third-order valence-corrected chi connectivity index (χ3v) is 4.40. The van der Waals surface area contributed by atoms with Crippen molar-refractivity contribution in [3.05, 3.63) is 24.3 Å². The Balaban J connectivity index is 1.64. The van der Waals surface area contributed by atoms with Crippen molar-refractivity contribution in [3.63, 3.8) is 0 Å². The zero-order valence-corrected chi connectivity index (χ0v) is 12.3. The molecule has 0 spiro atoms. The maximum absolute atomic E-state index is 6.22. The molecule has 110 valence electrons. The van der Waals surface area contributed by atoms with Gasteiger partial charge in [0.25, 0.3) is 0 Å². The van der Waals surface area contributed by atoms with E-state index in [1.807, 2.05) is 0 Å². The minimum atomic E-state index is 0.427. The van der Waals surface area contributed by atoms with Crippen molar-refractivity contribution >= 4 is 5.69 Å². The first-order chi connectivity index (χ1) is 9.92. The molecule has 1 aliphatic heterocycles. The SMILES string of the molecule is c1cc(OC2CCCCCC2)cc(N2CCNCC2)c1. The highest BCUT2D eigenvalue weighted by Gasteiger charge is 2.15. The van der Waals surface area contributed by atoms with Gasteiger partial charge in [-0.25, -0.2) is 0 Å². The topological polar surface area (TPSA) is 24.5 Å². The highest BCUT2D eigenvalue weighted by molar-refractivity contribution is 5.51. The molecule has 2 fully saturated rings. The molecular weight excluding hydrogens is 248 g/mol. The normalized spacial score (nSPS) is 21.5. The lowest BCUT2D eigenvalue weighted by Gasteiger charge is -2.30. The molecule has 1 N–H and O–H groups in total. The molecule has 0 unspecified atom stereocenters. The van der Waals surface area contributed by atoms with E-state index in [-0.39, 0.29) is 0 Å². The lowest BCUT2D eigenvalue weighted by atomic mass is 10.1. The van der Waals surface area contributed by atoms with Gasteiger partial charge in [0, 0.05) is 37.9 Å². The van der Waals surface area contributed by atoms with Crippen molar-refractivity contribution in [1.29, 1.82) is 0 Å². The Morgan fingerprint density at radius 2 is 1.75 bits per heavy atom. The largest absolute Gasteiger partial charge is 0.490 e. The van der Waals surface area contributed by atoms with E-state index in [1.54, 1.807) is 0 Å². The molecule has 1 aliphatic carbocycles. The van der Waals surface area contributed by atoms with Crippen molar-refractivity contribution in [2.75, 3.05) is 31.1 Å². The van der Waals surface area contributed by atoms with Gasteiger partial charge in [0.15, 0.2) is 0 Å². The lowest BCUT2D eigenvalue weighted by molar-refractivity contribution is 0.184. The maximum Gasteiger partial charge on any atom is 0.121 e. The zero-order valence-electron chi connectivity index (χ0n) is 12.3. The highest BCUT2D eigenvalue weighted by Crippen LogP contribution is 2.26. The van der Waals surface area contributed by atoms with Gasteiger partial charge in [-0.3, -0.25) is 0 Å². The highest BCUT2D eigenvalue weighted by atomic mass is 16.5. The molecule has 1 saturated heterocycles. The third-order valence-electron chi connectivity index (χ3n) is 4.40. The monoisotopic (exact) mass is 274 g/mol. The van der Waals surface area contributed by atoms with E-state index >= 15 is 0 Å². The first kappa shape index (κ1) is 13.7. The van der Waals surface area contributed by atoms with Crippen LogP contribution < -0.4 is 15.0 Å². The molecule has 0 aromatic heterocycles. The smallest absolute Gasteiger partial charge is 0.121 e. The number of piperazine rings is 1. The summed E-state index contributed by atoms with van der Waals surface area (Å²) in [5.41, 5.74) is 1.30. The van der Waals surface area contributed by atoms with E-state index in [4.69, 9.17) is 4.74 Å².